The van der Waals surface area contributed by atoms with Gasteiger partial charge in [0.05, 0.1) is 42.2 Å². The Morgan fingerprint density at radius 2 is 1.74 bits per heavy atom. The zero-order valence-corrected chi connectivity index (χ0v) is 20.3. The van der Waals surface area contributed by atoms with Crippen molar-refractivity contribution in [2.45, 2.75) is 26.8 Å². The molecule has 0 amide bonds. The standard InChI is InChI=1S/C26H26N2O5S/c1-5-32-20-11-7-17(8-12-20)15-21-24(29)28-23(18-9-13-19(31-4)14-10-18)22(25(30)33-6-2)16(3)27-26(28)34-21/h7-15,23H,5-6H2,1-4H3. The molecule has 1 aliphatic heterocycles. The van der Waals surface area contributed by atoms with Crippen LogP contribution in [0.3, 0.4) is 0 Å². The lowest BCUT2D eigenvalue weighted by Gasteiger charge is -2.24. The Hall–Kier alpha value is -3.65. The molecule has 1 aliphatic rings. The zero-order valence-electron chi connectivity index (χ0n) is 19.5. The summed E-state index contributed by atoms with van der Waals surface area (Å²) in [6.45, 7) is 6.27. The molecule has 2 heterocycles. The van der Waals surface area contributed by atoms with Crippen LogP contribution in [0.5, 0.6) is 11.5 Å². The van der Waals surface area contributed by atoms with Crippen LogP contribution >= 0.6 is 11.3 Å². The number of hydrogen-bond acceptors (Lipinski definition) is 7. The number of hydrogen-bond donors (Lipinski definition) is 0. The molecule has 0 saturated carbocycles. The molecule has 1 atom stereocenters. The lowest BCUT2D eigenvalue weighted by atomic mass is 9.96. The predicted molar refractivity (Wildman–Crippen MR) is 131 cm³/mol. The van der Waals surface area contributed by atoms with Crippen molar-refractivity contribution < 1.29 is 19.0 Å². The van der Waals surface area contributed by atoms with Crippen LogP contribution in [-0.2, 0) is 9.53 Å². The minimum atomic E-state index is -0.649. The van der Waals surface area contributed by atoms with Crippen LogP contribution in [0.4, 0.5) is 0 Å². The molecule has 0 radical (unpaired) electrons. The Bertz CT molecular complexity index is 1400. The van der Waals surface area contributed by atoms with Gasteiger partial charge in [-0.3, -0.25) is 9.36 Å². The van der Waals surface area contributed by atoms with Gasteiger partial charge in [0.25, 0.3) is 5.56 Å². The maximum Gasteiger partial charge on any atom is 0.338 e. The number of fused-ring (bicyclic) bond motifs is 1. The first-order valence-electron chi connectivity index (χ1n) is 11.0. The van der Waals surface area contributed by atoms with E-state index in [1.165, 1.54) is 11.3 Å². The van der Waals surface area contributed by atoms with Crippen LogP contribution < -0.4 is 24.4 Å². The van der Waals surface area contributed by atoms with E-state index in [0.717, 1.165) is 16.9 Å². The summed E-state index contributed by atoms with van der Waals surface area (Å²) < 4.78 is 18.2. The second-order valence-corrected chi connectivity index (χ2v) is 8.59. The molecule has 34 heavy (non-hydrogen) atoms. The van der Waals surface area contributed by atoms with E-state index in [1.807, 2.05) is 61.5 Å². The fourth-order valence-corrected chi connectivity index (χ4v) is 4.92. The molecule has 1 unspecified atom stereocenters. The quantitative estimate of drug-likeness (QED) is 0.488. The molecule has 0 saturated heterocycles. The van der Waals surface area contributed by atoms with Gasteiger partial charge >= 0.3 is 5.97 Å². The SMILES string of the molecule is CCOC(=O)C1=C(C)N=c2sc(=Cc3ccc(OCC)cc3)c(=O)n2C1c1ccc(OC)cc1. The number of carbonyl (C=O) groups excluding carboxylic acids is 1. The summed E-state index contributed by atoms with van der Waals surface area (Å²) >= 11 is 1.29. The number of ether oxygens (including phenoxy) is 3. The number of esters is 1. The van der Waals surface area contributed by atoms with Gasteiger partial charge < -0.3 is 14.2 Å². The molecule has 7 nitrogen and oxygen atoms in total. The molecule has 1 aromatic heterocycles. The highest BCUT2D eigenvalue weighted by molar-refractivity contribution is 7.07. The van der Waals surface area contributed by atoms with Crippen molar-refractivity contribution in [3.63, 3.8) is 0 Å². The molecule has 176 valence electrons. The minimum Gasteiger partial charge on any atom is -0.497 e. The molecule has 3 aromatic rings. The fourth-order valence-electron chi connectivity index (χ4n) is 3.87. The van der Waals surface area contributed by atoms with Crippen molar-refractivity contribution in [2.75, 3.05) is 20.3 Å². The average molecular weight is 479 g/mol. The number of carbonyl (C=O) groups is 1. The summed E-state index contributed by atoms with van der Waals surface area (Å²) in [5, 5.41) is 0. The molecule has 8 heteroatoms. The highest BCUT2D eigenvalue weighted by Gasteiger charge is 2.33. The lowest BCUT2D eigenvalue weighted by molar-refractivity contribution is -0.139. The van der Waals surface area contributed by atoms with E-state index >= 15 is 0 Å². The van der Waals surface area contributed by atoms with E-state index < -0.39 is 12.0 Å². The third-order valence-electron chi connectivity index (χ3n) is 5.44. The number of allylic oxidation sites excluding steroid dienone is 1. The maximum atomic E-state index is 13.6. The summed E-state index contributed by atoms with van der Waals surface area (Å²) in [7, 11) is 1.59. The first-order valence-corrected chi connectivity index (χ1v) is 11.8. The predicted octanol–water partition coefficient (Wildman–Crippen LogP) is 3.21. The number of aromatic nitrogens is 1. The van der Waals surface area contributed by atoms with Crippen LogP contribution in [0.25, 0.3) is 6.08 Å². The Labute approximate surface area is 201 Å². The summed E-state index contributed by atoms with van der Waals surface area (Å²) in [4.78, 5) is 31.6. The van der Waals surface area contributed by atoms with E-state index in [0.29, 0.717) is 33.0 Å². The Kier molecular flexibility index (Phi) is 6.98. The van der Waals surface area contributed by atoms with Crippen molar-refractivity contribution in [2.24, 2.45) is 4.99 Å². The van der Waals surface area contributed by atoms with Crippen LogP contribution in [0.1, 0.15) is 37.9 Å². The number of thiazole rings is 1. The van der Waals surface area contributed by atoms with Crippen molar-refractivity contribution in [3.05, 3.63) is 90.6 Å². The van der Waals surface area contributed by atoms with Gasteiger partial charge in [-0.15, -0.1) is 0 Å². The molecule has 0 fully saturated rings. The van der Waals surface area contributed by atoms with Crippen molar-refractivity contribution in [3.8, 4) is 11.5 Å². The fraction of sp³-hybridized carbons (Fsp3) is 0.269. The normalized spacial score (nSPS) is 15.5. The number of benzene rings is 2. The monoisotopic (exact) mass is 478 g/mol. The van der Waals surface area contributed by atoms with Gasteiger partial charge in [-0.25, -0.2) is 9.79 Å². The van der Waals surface area contributed by atoms with Gasteiger partial charge in [0, 0.05) is 0 Å². The second-order valence-electron chi connectivity index (χ2n) is 7.58. The Morgan fingerprint density at radius 1 is 1.06 bits per heavy atom. The van der Waals surface area contributed by atoms with E-state index in [4.69, 9.17) is 14.2 Å². The molecule has 0 aliphatic carbocycles. The number of nitrogens with zero attached hydrogens (tertiary/aromatic N) is 2. The molecule has 0 bridgehead atoms. The molecule has 4 rings (SSSR count). The molecular weight excluding hydrogens is 452 g/mol. The number of rotatable bonds is 7. The van der Waals surface area contributed by atoms with Crippen molar-refractivity contribution >= 4 is 23.4 Å². The summed E-state index contributed by atoms with van der Waals surface area (Å²) in [6, 6.07) is 14.2. The van der Waals surface area contributed by atoms with Gasteiger partial charge in [-0.2, -0.15) is 0 Å². The Morgan fingerprint density at radius 3 is 2.35 bits per heavy atom. The van der Waals surface area contributed by atoms with Gasteiger partial charge in [0.2, 0.25) is 0 Å². The molecule has 0 spiro atoms. The van der Waals surface area contributed by atoms with Crippen molar-refractivity contribution in [1.82, 2.24) is 4.57 Å². The summed E-state index contributed by atoms with van der Waals surface area (Å²) in [6.07, 6.45) is 1.83. The highest BCUT2D eigenvalue weighted by Crippen LogP contribution is 2.31. The maximum absolute atomic E-state index is 13.6. The van der Waals surface area contributed by atoms with Crippen LogP contribution in [-0.4, -0.2) is 30.9 Å². The van der Waals surface area contributed by atoms with Gasteiger partial charge in [0.15, 0.2) is 4.80 Å². The van der Waals surface area contributed by atoms with Crippen LogP contribution in [0.2, 0.25) is 0 Å². The third-order valence-corrected chi connectivity index (χ3v) is 6.42. The summed E-state index contributed by atoms with van der Waals surface area (Å²) in [5.74, 6) is 0.978. The Balaban J connectivity index is 1.87. The molecular formula is C26H26N2O5S. The van der Waals surface area contributed by atoms with Gasteiger partial charge in [-0.1, -0.05) is 35.6 Å². The largest absolute Gasteiger partial charge is 0.497 e. The smallest absolute Gasteiger partial charge is 0.338 e. The first-order chi connectivity index (χ1) is 16.5. The molecule has 0 N–H and O–H groups in total. The molecule has 2 aromatic carbocycles. The minimum absolute atomic E-state index is 0.215. The van der Waals surface area contributed by atoms with E-state index in [-0.39, 0.29) is 12.2 Å². The van der Waals surface area contributed by atoms with E-state index in [1.54, 1.807) is 25.5 Å². The van der Waals surface area contributed by atoms with Crippen molar-refractivity contribution in [1.29, 1.82) is 0 Å². The third kappa shape index (κ3) is 4.54. The van der Waals surface area contributed by atoms with E-state index in [2.05, 4.69) is 4.99 Å². The highest BCUT2D eigenvalue weighted by atomic mass is 32.1. The second kappa shape index (κ2) is 10.1. The van der Waals surface area contributed by atoms with Gasteiger partial charge in [0.1, 0.15) is 11.5 Å². The van der Waals surface area contributed by atoms with Crippen LogP contribution in [0, 0.1) is 0 Å². The lowest BCUT2D eigenvalue weighted by Crippen LogP contribution is -2.39. The zero-order chi connectivity index (χ0) is 24.2. The van der Waals surface area contributed by atoms with E-state index in [9.17, 15) is 9.59 Å². The first kappa shape index (κ1) is 23.5. The summed E-state index contributed by atoms with van der Waals surface area (Å²) in [5.41, 5.74) is 2.32. The topological polar surface area (TPSA) is 79.1 Å². The van der Waals surface area contributed by atoms with Gasteiger partial charge in [-0.05, 0) is 62.2 Å². The van der Waals surface area contributed by atoms with Crippen LogP contribution in [0.15, 0.2) is 69.6 Å². The average Bonchev–Trinajstić information content (AvgIpc) is 3.14. The number of methoxy groups -OCH3 is 1.